The number of hydrogen-bond acceptors (Lipinski definition) is 3. The minimum absolute atomic E-state index is 0.0191. The first-order valence-electron chi connectivity index (χ1n) is 8.90. The van der Waals surface area contributed by atoms with Gasteiger partial charge in [0.15, 0.2) is 0 Å². The molecule has 2 heterocycles. The summed E-state index contributed by atoms with van der Waals surface area (Å²) in [5.41, 5.74) is -0.591. The Balaban J connectivity index is 1.62. The number of carbonyl (C=O) groups excluding carboxylic acids is 2. The Labute approximate surface area is 133 Å². The van der Waals surface area contributed by atoms with E-state index in [1.807, 2.05) is 0 Å². The molecule has 3 fully saturated rings. The van der Waals surface area contributed by atoms with Gasteiger partial charge in [-0.1, -0.05) is 20.3 Å². The van der Waals surface area contributed by atoms with Gasteiger partial charge in [0.05, 0.1) is 6.67 Å². The summed E-state index contributed by atoms with van der Waals surface area (Å²) >= 11 is 0. The second kappa shape index (κ2) is 6.19. The van der Waals surface area contributed by atoms with Crippen LogP contribution in [0.1, 0.15) is 58.8 Å². The topological polar surface area (TPSA) is 52.7 Å². The highest BCUT2D eigenvalue weighted by atomic mass is 16.2. The van der Waals surface area contributed by atoms with Crippen molar-refractivity contribution in [3.63, 3.8) is 0 Å². The van der Waals surface area contributed by atoms with Crippen LogP contribution in [-0.2, 0) is 4.79 Å². The van der Waals surface area contributed by atoms with Gasteiger partial charge in [-0.3, -0.25) is 9.69 Å². The van der Waals surface area contributed by atoms with Crippen LogP contribution in [0.5, 0.6) is 0 Å². The Kier molecular flexibility index (Phi) is 4.44. The van der Waals surface area contributed by atoms with Gasteiger partial charge >= 0.3 is 6.03 Å². The van der Waals surface area contributed by atoms with E-state index in [1.54, 1.807) is 0 Å². The molecule has 0 aromatic heterocycles. The zero-order valence-electron chi connectivity index (χ0n) is 13.9. The van der Waals surface area contributed by atoms with Crippen molar-refractivity contribution in [3.05, 3.63) is 0 Å². The number of piperidine rings is 1. The molecule has 0 atom stereocenters. The van der Waals surface area contributed by atoms with Crippen LogP contribution >= 0.6 is 0 Å². The molecule has 3 rings (SSSR count). The summed E-state index contributed by atoms with van der Waals surface area (Å²) in [4.78, 5) is 28.9. The fourth-order valence-corrected chi connectivity index (χ4v) is 4.13. The maximum absolute atomic E-state index is 12.8. The molecular formula is C17H29N3O2. The van der Waals surface area contributed by atoms with Crippen molar-refractivity contribution >= 4 is 11.9 Å². The molecule has 1 spiro atoms. The zero-order chi connectivity index (χ0) is 15.7. The van der Waals surface area contributed by atoms with Crippen LogP contribution in [0.25, 0.3) is 0 Å². The highest BCUT2D eigenvalue weighted by molar-refractivity contribution is 6.07. The SMILES string of the molecule is CCC1CCC2(CC1)NC(=O)N(CN1CCC(C)CC1)C2=O. The van der Waals surface area contributed by atoms with E-state index in [9.17, 15) is 9.59 Å². The van der Waals surface area contributed by atoms with E-state index in [-0.39, 0.29) is 11.9 Å². The molecule has 3 aliphatic rings. The highest BCUT2D eigenvalue weighted by Gasteiger charge is 2.52. The normalized spacial score (nSPS) is 34.5. The Hall–Kier alpha value is -1.10. The first-order chi connectivity index (χ1) is 10.5. The smallest absolute Gasteiger partial charge is 0.323 e. The molecule has 5 heteroatoms. The first kappa shape index (κ1) is 15.8. The number of rotatable bonds is 3. The van der Waals surface area contributed by atoms with E-state index in [2.05, 4.69) is 24.1 Å². The summed E-state index contributed by atoms with van der Waals surface area (Å²) in [5, 5.41) is 3.02. The van der Waals surface area contributed by atoms with Gasteiger partial charge in [-0.2, -0.15) is 0 Å². The molecule has 0 aromatic rings. The molecule has 2 aliphatic heterocycles. The molecule has 0 aromatic carbocycles. The molecule has 1 N–H and O–H groups in total. The molecule has 1 saturated carbocycles. The number of nitrogens with one attached hydrogen (secondary N) is 1. The second-order valence-corrected chi connectivity index (χ2v) is 7.54. The Bertz CT molecular complexity index is 435. The number of amides is 3. The lowest BCUT2D eigenvalue weighted by molar-refractivity contribution is -0.134. The van der Waals surface area contributed by atoms with Crippen molar-refractivity contribution in [1.29, 1.82) is 0 Å². The van der Waals surface area contributed by atoms with Crippen molar-refractivity contribution in [3.8, 4) is 0 Å². The number of carbonyl (C=O) groups is 2. The molecule has 22 heavy (non-hydrogen) atoms. The second-order valence-electron chi connectivity index (χ2n) is 7.54. The molecule has 1 aliphatic carbocycles. The van der Waals surface area contributed by atoms with Crippen molar-refractivity contribution < 1.29 is 9.59 Å². The van der Waals surface area contributed by atoms with Crippen LogP contribution in [0.4, 0.5) is 4.79 Å². The lowest BCUT2D eigenvalue weighted by Gasteiger charge is -2.35. The van der Waals surface area contributed by atoms with Gasteiger partial charge in [-0.15, -0.1) is 0 Å². The van der Waals surface area contributed by atoms with Crippen molar-refractivity contribution in [2.75, 3.05) is 19.8 Å². The van der Waals surface area contributed by atoms with Gasteiger partial charge < -0.3 is 5.32 Å². The van der Waals surface area contributed by atoms with Crippen LogP contribution in [0.2, 0.25) is 0 Å². The fourth-order valence-electron chi connectivity index (χ4n) is 4.13. The lowest BCUT2D eigenvalue weighted by Crippen LogP contribution is -2.50. The van der Waals surface area contributed by atoms with E-state index >= 15 is 0 Å². The average molecular weight is 307 g/mol. The summed E-state index contributed by atoms with van der Waals surface area (Å²) in [6, 6.07) is -0.182. The maximum atomic E-state index is 12.8. The van der Waals surface area contributed by atoms with E-state index < -0.39 is 5.54 Å². The fraction of sp³-hybridized carbons (Fsp3) is 0.882. The summed E-state index contributed by atoms with van der Waals surface area (Å²) in [5.74, 6) is 1.49. The van der Waals surface area contributed by atoms with E-state index in [1.165, 1.54) is 11.3 Å². The molecular weight excluding hydrogens is 278 g/mol. The Morgan fingerprint density at radius 1 is 1.14 bits per heavy atom. The van der Waals surface area contributed by atoms with Crippen LogP contribution in [0, 0.1) is 11.8 Å². The Morgan fingerprint density at radius 2 is 1.77 bits per heavy atom. The molecule has 0 unspecified atom stereocenters. The van der Waals surface area contributed by atoms with Crippen LogP contribution in [0.3, 0.4) is 0 Å². The summed E-state index contributed by atoms with van der Waals surface area (Å²) in [7, 11) is 0. The summed E-state index contributed by atoms with van der Waals surface area (Å²) in [6.45, 7) is 6.93. The van der Waals surface area contributed by atoms with Gasteiger partial charge in [0.2, 0.25) is 0 Å². The number of urea groups is 1. The monoisotopic (exact) mass is 307 g/mol. The lowest BCUT2D eigenvalue weighted by atomic mass is 9.75. The third kappa shape index (κ3) is 2.87. The van der Waals surface area contributed by atoms with Crippen LogP contribution in [-0.4, -0.2) is 47.0 Å². The molecule has 3 amide bonds. The molecule has 124 valence electrons. The van der Waals surface area contributed by atoms with Gasteiger partial charge in [-0.25, -0.2) is 9.69 Å². The predicted octanol–water partition coefficient (Wildman–Crippen LogP) is 2.57. The van der Waals surface area contributed by atoms with Gasteiger partial charge in [0.1, 0.15) is 5.54 Å². The zero-order valence-corrected chi connectivity index (χ0v) is 13.9. The predicted molar refractivity (Wildman–Crippen MR) is 85.2 cm³/mol. The standard InChI is InChI=1S/C17H29N3O2/c1-3-14-4-8-17(9-5-14)15(21)20(16(22)18-17)12-19-10-6-13(2)7-11-19/h13-14H,3-12H2,1-2H3,(H,18,22). The van der Waals surface area contributed by atoms with Crippen LogP contribution < -0.4 is 5.32 Å². The largest absolute Gasteiger partial charge is 0.326 e. The molecule has 0 bridgehead atoms. The quantitative estimate of drug-likeness (QED) is 0.815. The van der Waals surface area contributed by atoms with Crippen molar-refractivity contribution in [2.45, 2.75) is 64.3 Å². The molecule has 5 nitrogen and oxygen atoms in total. The minimum Gasteiger partial charge on any atom is -0.323 e. The molecule has 0 radical (unpaired) electrons. The van der Waals surface area contributed by atoms with E-state index in [0.29, 0.717) is 12.6 Å². The number of hydrogen-bond donors (Lipinski definition) is 1. The Morgan fingerprint density at radius 3 is 2.36 bits per heavy atom. The summed E-state index contributed by atoms with van der Waals surface area (Å²) < 4.78 is 0. The van der Waals surface area contributed by atoms with Crippen molar-refractivity contribution in [2.24, 2.45) is 11.8 Å². The molecule has 2 saturated heterocycles. The minimum atomic E-state index is -0.591. The van der Waals surface area contributed by atoms with Crippen molar-refractivity contribution in [1.82, 2.24) is 15.1 Å². The third-order valence-corrected chi connectivity index (χ3v) is 6.00. The first-order valence-corrected chi connectivity index (χ1v) is 8.90. The number of imide groups is 1. The average Bonchev–Trinajstić information content (AvgIpc) is 2.75. The highest BCUT2D eigenvalue weighted by Crippen LogP contribution is 2.37. The number of nitrogens with zero attached hydrogens (tertiary/aromatic N) is 2. The van der Waals surface area contributed by atoms with E-state index in [4.69, 9.17) is 0 Å². The van der Waals surface area contributed by atoms with Gasteiger partial charge in [0.25, 0.3) is 5.91 Å². The van der Waals surface area contributed by atoms with Gasteiger partial charge in [-0.05, 0) is 50.4 Å². The van der Waals surface area contributed by atoms with E-state index in [0.717, 1.165) is 57.5 Å². The van der Waals surface area contributed by atoms with Crippen LogP contribution in [0.15, 0.2) is 0 Å². The number of likely N-dealkylation sites (tertiary alicyclic amines) is 1. The van der Waals surface area contributed by atoms with Gasteiger partial charge in [0, 0.05) is 13.1 Å². The maximum Gasteiger partial charge on any atom is 0.326 e. The third-order valence-electron chi connectivity index (χ3n) is 6.00. The summed E-state index contributed by atoms with van der Waals surface area (Å²) in [6.07, 6.45) is 7.22.